The second-order valence-corrected chi connectivity index (χ2v) is 6.05. The van der Waals surface area contributed by atoms with Crippen molar-refractivity contribution >= 4 is 23.4 Å². The lowest BCUT2D eigenvalue weighted by Gasteiger charge is -2.22. The van der Waals surface area contributed by atoms with Gasteiger partial charge in [0.2, 0.25) is 0 Å². The van der Waals surface area contributed by atoms with Crippen molar-refractivity contribution in [3.8, 4) is 0 Å². The summed E-state index contributed by atoms with van der Waals surface area (Å²) in [6.45, 7) is 0. The molecule has 3 N–H and O–H groups in total. The predicted octanol–water partition coefficient (Wildman–Crippen LogP) is 3.05. The molecule has 0 atom stereocenters. The lowest BCUT2D eigenvalue weighted by molar-refractivity contribution is 0.0960. The molecule has 0 heterocycles. The number of benzene rings is 1. The van der Waals surface area contributed by atoms with Gasteiger partial charge in [0.25, 0.3) is 5.91 Å². The zero-order chi connectivity index (χ0) is 13.0. The van der Waals surface area contributed by atoms with E-state index in [1.807, 2.05) is 23.9 Å². The van der Waals surface area contributed by atoms with Crippen molar-refractivity contribution in [2.24, 2.45) is 0 Å². The molecular formula is C14H20N2OS. The summed E-state index contributed by atoms with van der Waals surface area (Å²) in [5.74, 6) is -0.0340. The molecule has 0 saturated heterocycles. The van der Waals surface area contributed by atoms with Crippen LogP contribution in [-0.2, 0) is 0 Å². The summed E-state index contributed by atoms with van der Waals surface area (Å²) in [7, 11) is 1.66. The van der Waals surface area contributed by atoms with Gasteiger partial charge in [-0.1, -0.05) is 19.3 Å². The van der Waals surface area contributed by atoms with E-state index in [4.69, 9.17) is 5.73 Å². The number of nitrogens with two attached hydrogens (primary N) is 1. The number of amides is 1. The fourth-order valence-corrected chi connectivity index (χ4v) is 3.74. The van der Waals surface area contributed by atoms with Crippen LogP contribution in [0.3, 0.4) is 0 Å². The second-order valence-electron chi connectivity index (χ2n) is 4.71. The van der Waals surface area contributed by atoms with Gasteiger partial charge in [-0.2, -0.15) is 0 Å². The molecule has 18 heavy (non-hydrogen) atoms. The van der Waals surface area contributed by atoms with Gasteiger partial charge < -0.3 is 11.1 Å². The Morgan fingerprint density at radius 2 is 2.06 bits per heavy atom. The van der Waals surface area contributed by atoms with Crippen LogP contribution >= 0.6 is 11.8 Å². The van der Waals surface area contributed by atoms with E-state index in [9.17, 15) is 4.79 Å². The molecule has 1 saturated carbocycles. The number of thioether (sulfide) groups is 1. The minimum Gasteiger partial charge on any atom is -0.399 e. The van der Waals surface area contributed by atoms with Crippen molar-refractivity contribution in [2.75, 3.05) is 12.8 Å². The molecular weight excluding hydrogens is 244 g/mol. The van der Waals surface area contributed by atoms with Gasteiger partial charge in [0, 0.05) is 22.9 Å². The van der Waals surface area contributed by atoms with Crippen LogP contribution in [0.4, 0.5) is 5.69 Å². The SMILES string of the molecule is CNC(=O)c1ccc(N)cc1SC1CCCCC1. The average molecular weight is 264 g/mol. The first kappa shape index (κ1) is 13.3. The van der Waals surface area contributed by atoms with Crippen molar-refractivity contribution in [3.05, 3.63) is 23.8 Å². The number of hydrogen-bond donors (Lipinski definition) is 2. The largest absolute Gasteiger partial charge is 0.399 e. The molecule has 0 aromatic heterocycles. The number of carbonyl (C=O) groups excluding carboxylic acids is 1. The van der Waals surface area contributed by atoms with Crippen LogP contribution in [0.2, 0.25) is 0 Å². The highest BCUT2D eigenvalue weighted by atomic mass is 32.2. The van der Waals surface area contributed by atoms with E-state index in [2.05, 4.69) is 5.32 Å². The quantitative estimate of drug-likeness (QED) is 0.825. The van der Waals surface area contributed by atoms with Crippen LogP contribution in [0.5, 0.6) is 0 Å². The highest BCUT2D eigenvalue weighted by Gasteiger charge is 2.18. The molecule has 1 aromatic rings. The van der Waals surface area contributed by atoms with Gasteiger partial charge in [0.05, 0.1) is 5.56 Å². The van der Waals surface area contributed by atoms with Crippen LogP contribution in [0.25, 0.3) is 0 Å². The van der Waals surface area contributed by atoms with Gasteiger partial charge >= 0.3 is 0 Å². The third kappa shape index (κ3) is 3.19. The lowest BCUT2D eigenvalue weighted by Crippen LogP contribution is -2.19. The summed E-state index contributed by atoms with van der Waals surface area (Å²) in [5, 5.41) is 3.31. The monoisotopic (exact) mass is 264 g/mol. The zero-order valence-corrected chi connectivity index (χ0v) is 11.6. The summed E-state index contributed by atoms with van der Waals surface area (Å²) < 4.78 is 0. The zero-order valence-electron chi connectivity index (χ0n) is 10.7. The Hall–Kier alpha value is -1.16. The highest BCUT2D eigenvalue weighted by Crippen LogP contribution is 2.36. The third-order valence-corrected chi connectivity index (χ3v) is 4.72. The van der Waals surface area contributed by atoms with Gasteiger partial charge in [-0.15, -0.1) is 11.8 Å². The van der Waals surface area contributed by atoms with Crippen molar-refractivity contribution < 1.29 is 4.79 Å². The Labute approximate surface area is 113 Å². The van der Waals surface area contributed by atoms with E-state index in [1.165, 1.54) is 32.1 Å². The number of carbonyl (C=O) groups is 1. The van der Waals surface area contributed by atoms with E-state index in [0.717, 1.165) is 16.1 Å². The smallest absolute Gasteiger partial charge is 0.252 e. The van der Waals surface area contributed by atoms with E-state index < -0.39 is 0 Å². The molecule has 1 amide bonds. The first-order valence-corrected chi connectivity index (χ1v) is 7.37. The first-order valence-electron chi connectivity index (χ1n) is 6.49. The molecule has 1 aromatic carbocycles. The molecule has 2 rings (SSSR count). The summed E-state index contributed by atoms with van der Waals surface area (Å²) in [6, 6.07) is 5.53. The van der Waals surface area contributed by atoms with E-state index in [1.54, 1.807) is 13.1 Å². The fourth-order valence-electron chi connectivity index (χ4n) is 2.32. The molecule has 98 valence electrons. The number of nitrogen functional groups attached to an aromatic ring is 1. The van der Waals surface area contributed by atoms with Crippen molar-refractivity contribution in [3.63, 3.8) is 0 Å². The molecule has 4 heteroatoms. The van der Waals surface area contributed by atoms with Gasteiger partial charge in [0.15, 0.2) is 0 Å². The Kier molecular flexibility index (Phi) is 4.53. The van der Waals surface area contributed by atoms with E-state index >= 15 is 0 Å². The minimum atomic E-state index is -0.0340. The van der Waals surface area contributed by atoms with Crippen LogP contribution in [-0.4, -0.2) is 18.2 Å². The summed E-state index contributed by atoms with van der Waals surface area (Å²) in [5.41, 5.74) is 7.29. The maximum Gasteiger partial charge on any atom is 0.252 e. The fraction of sp³-hybridized carbons (Fsp3) is 0.500. The molecule has 1 aliphatic carbocycles. The predicted molar refractivity (Wildman–Crippen MR) is 77.0 cm³/mol. The Morgan fingerprint density at radius 1 is 1.33 bits per heavy atom. The Morgan fingerprint density at radius 3 is 2.72 bits per heavy atom. The maximum absolute atomic E-state index is 11.8. The highest BCUT2D eigenvalue weighted by molar-refractivity contribution is 8.00. The normalized spacial score (nSPS) is 16.5. The van der Waals surface area contributed by atoms with Crippen molar-refractivity contribution in [1.82, 2.24) is 5.32 Å². The van der Waals surface area contributed by atoms with Crippen molar-refractivity contribution in [2.45, 2.75) is 42.2 Å². The third-order valence-electron chi connectivity index (χ3n) is 3.32. The second kappa shape index (κ2) is 6.14. The van der Waals surface area contributed by atoms with Crippen LogP contribution < -0.4 is 11.1 Å². The maximum atomic E-state index is 11.8. The molecule has 1 fully saturated rings. The standard InChI is InChI=1S/C14H20N2OS/c1-16-14(17)12-8-7-10(15)9-13(12)18-11-5-3-2-4-6-11/h7-9,11H,2-6,15H2,1H3,(H,16,17). The summed E-state index contributed by atoms with van der Waals surface area (Å²) in [6.07, 6.45) is 6.43. The first-order chi connectivity index (χ1) is 8.70. The minimum absolute atomic E-state index is 0.0340. The molecule has 0 spiro atoms. The molecule has 3 nitrogen and oxygen atoms in total. The summed E-state index contributed by atoms with van der Waals surface area (Å²) in [4.78, 5) is 12.8. The van der Waals surface area contributed by atoms with Crippen LogP contribution in [0.1, 0.15) is 42.5 Å². The number of hydrogen-bond acceptors (Lipinski definition) is 3. The van der Waals surface area contributed by atoms with Gasteiger partial charge in [-0.25, -0.2) is 0 Å². The van der Waals surface area contributed by atoms with E-state index in [0.29, 0.717) is 5.25 Å². The number of anilines is 1. The topological polar surface area (TPSA) is 55.1 Å². The van der Waals surface area contributed by atoms with Gasteiger partial charge in [-0.3, -0.25) is 4.79 Å². The van der Waals surface area contributed by atoms with Crippen LogP contribution in [0.15, 0.2) is 23.1 Å². The average Bonchev–Trinajstić information content (AvgIpc) is 2.39. The number of rotatable bonds is 3. The Bertz CT molecular complexity index is 428. The molecule has 0 unspecified atom stereocenters. The van der Waals surface area contributed by atoms with Crippen LogP contribution in [0, 0.1) is 0 Å². The molecule has 0 radical (unpaired) electrons. The Balaban J connectivity index is 2.18. The van der Waals surface area contributed by atoms with Crippen molar-refractivity contribution in [1.29, 1.82) is 0 Å². The molecule has 0 bridgehead atoms. The van der Waals surface area contributed by atoms with E-state index in [-0.39, 0.29) is 5.91 Å². The van der Waals surface area contributed by atoms with Gasteiger partial charge in [0.1, 0.15) is 0 Å². The molecule has 1 aliphatic rings. The lowest BCUT2D eigenvalue weighted by atomic mass is 10.0. The number of nitrogens with one attached hydrogen (secondary N) is 1. The van der Waals surface area contributed by atoms with Gasteiger partial charge in [-0.05, 0) is 31.0 Å². The molecule has 0 aliphatic heterocycles. The summed E-state index contributed by atoms with van der Waals surface area (Å²) >= 11 is 1.81.